The van der Waals surface area contributed by atoms with Crippen molar-refractivity contribution in [2.75, 3.05) is 0 Å². The van der Waals surface area contributed by atoms with E-state index in [1.807, 2.05) is 6.07 Å². The van der Waals surface area contributed by atoms with Gasteiger partial charge in [0.2, 0.25) is 0 Å². The fraction of sp³-hybridized carbons (Fsp3) is 0. The zero-order valence-electron chi connectivity index (χ0n) is 6.53. The van der Waals surface area contributed by atoms with E-state index in [4.69, 9.17) is 0 Å². The van der Waals surface area contributed by atoms with Gasteiger partial charge >= 0.3 is 0 Å². The van der Waals surface area contributed by atoms with E-state index in [1.54, 1.807) is 0 Å². The van der Waals surface area contributed by atoms with Crippen LogP contribution in [0.3, 0.4) is 0 Å². The van der Waals surface area contributed by atoms with E-state index in [0.717, 1.165) is 0 Å². The number of benzene rings is 1. The standard InChI is InChI=1S/C11H9.Co/c1-2-6-10(7-3-1)11-8-4-5-9-11;/h1-9H;/q-1;. The van der Waals surface area contributed by atoms with E-state index in [0.29, 0.717) is 0 Å². The van der Waals surface area contributed by atoms with Gasteiger partial charge in [-0.15, -0.1) is 11.6 Å². The Balaban J connectivity index is 0.000000720. The van der Waals surface area contributed by atoms with Crippen LogP contribution >= 0.6 is 0 Å². The normalized spacial score (nSPS) is 9.00. The molecule has 2 aromatic carbocycles. The van der Waals surface area contributed by atoms with E-state index in [9.17, 15) is 0 Å². The summed E-state index contributed by atoms with van der Waals surface area (Å²) in [4.78, 5) is 0. The van der Waals surface area contributed by atoms with E-state index in [1.165, 1.54) is 11.1 Å². The molecule has 2 rings (SSSR count). The van der Waals surface area contributed by atoms with Crippen molar-refractivity contribution in [2.24, 2.45) is 0 Å². The summed E-state index contributed by atoms with van der Waals surface area (Å²) in [7, 11) is 0. The van der Waals surface area contributed by atoms with E-state index >= 15 is 0 Å². The molecule has 0 aromatic heterocycles. The quantitative estimate of drug-likeness (QED) is 0.620. The van der Waals surface area contributed by atoms with Crippen LogP contribution in [0.4, 0.5) is 0 Å². The Labute approximate surface area is 82.8 Å². The smallest absolute Gasteiger partial charge is 0 e. The predicted octanol–water partition coefficient (Wildman–Crippen LogP) is 3.07. The molecule has 63 valence electrons. The van der Waals surface area contributed by atoms with Gasteiger partial charge < -0.3 is 0 Å². The van der Waals surface area contributed by atoms with Crippen molar-refractivity contribution in [1.82, 2.24) is 0 Å². The maximum Gasteiger partial charge on any atom is 0 e. The molecule has 0 unspecified atom stereocenters. The largest absolute Gasteiger partial charge is 0.176 e. The van der Waals surface area contributed by atoms with Crippen LogP contribution in [0.25, 0.3) is 11.1 Å². The molecule has 0 N–H and O–H groups in total. The second-order valence-corrected chi connectivity index (χ2v) is 2.54. The Kier molecular flexibility index (Phi) is 3.20. The third-order valence-electron chi connectivity index (χ3n) is 1.77. The van der Waals surface area contributed by atoms with Crippen LogP contribution in [0.15, 0.2) is 54.6 Å². The Morgan fingerprint density at radius 3 is 2.17 bits per heavy atom. The van der Waals surface area contributed by atoms with Crippen LogP contribution in [-0.2, 0) is 16.8 Å². The average molecular weight is 200 g/mol. The van der Waals surface area contributed by atoms with Gasteiger partial charge in [-0.25, -0.2) is 0 Å². The fourth-order valence-corrected chi connectivity index (χ4v) is 1.20. The Hall–Kier alpha value is -0.924. The first kappa shape index (κ1) is 9.17. The zero-order valence-corrected chi connectivity index (χ0v) is 7.57. The number of hydrogen-bond donors (Lipinski definition) is 0. The molecule has 0 bridgehead atoms. The van der Waals surface area contributed by atoms with Gasteiger partial charge in [0.25, 0.3) is 0 Å². The Bertz CT molecular complexity index is 308. The second-order valence-electron chi connectivity index (χ2n) is 2.54. The molecule has 1 heteroatoms. The minimum absolute atomic E-state index is 0. The molecule has 0 amide bonds. The average Bonchev–Trinajstić information content (AvgIpc) is 2.58. The summed E-state index contributed by atoms with van der Waals surface area (Å²) >= 11 is 0. The zero-order chi connectivity index (χ0) is 7.52. The molecule has 1 radical (unpaired) electrons. The van der Waals surface area contributed by atoms with Gasteiger partial charge in [-0.05, 0) is 0 Å². The number of rotatable bonds is 1. The van der Waals surface area contributed by atoms with Crippen molar-refractivity contribution in [3.8, 4) is 11.1 Å². The molecule has 0 aliphatic heterocycles. The van der Waals surface area contributed by atoms with Gasteiger partial charge in [-0.1, -0.05) is 30.3 Å². The molecule has 0 heterocycles. The molecule has 0 aliphatic rings. The Morgan fingerprint density at radius 1 is 0.833 bits per heavy atom. The van der Waals surface area contributed by atoms with Crippen molar-refractivity contribution in [2.45, 2.75) is 0 Å². The van der Waals surface area contributed by atoms with Crippen molar-refractivity contribution < 1.29 is 16.8 Å². The number of hydrogen-bond acceptors (Lipinski definition) is 0. The van der Waals surface area contributed by atoms with Crippen molar-refractivity contribution in [3.63, 3.8) is 0 Å². The summed E-state index contributed by atoms with van der Waals surface area (Å²) in [5, 5.41) is 0. The van der Waals surface area contributed by atoms with E-state index < -0.39 is 0 Å². The molecule has 0 spiro atoms. The van der Waals surface area contributed by atoms with Gasteiger partial charge in [0, 0.05) is 16.8 Å². The van der Waals surface area contributed by atoms with Crippen LogP contribution in [0.1, 0.15) is 0 Å². The van der Waals surface area contributed by atoms with Crippen LogP contribution in [0.5, 0.6) is 0 Å². The van der Waals surface area contributed by atoms with Crippen LogP contribution in [0.2, 0.25) is 0 Å². The van der Waals surface area contributed by atoms with Crippen molar-refractivity contribution in [3.05, 3.63) is 54.6 Å². The SMILES string of the molecule is [Co].c1ccc(-c2ccc[cH-]2)cc1. The van der Waals surface area contributed by atoms with Crippen LogP contribution < -0.4 is 0 Å². The van der Waals surface area contributed by atoms with Crippen molar-refractivity contribution in [1.29, 1.82) is 0 Å². The fourth-order valence-electron chi connectivity index (χ4n) is 1.20. The molecule has 0 nitrogen and oxygen atoms in total. The summed E-state index contributed by atoms with van der Waals surface area (Å²) < 4.78 is 0. The van der Waals surface area contributed by atoms with Crippen LogP contribution in [0, 0.1) is 0 Å². The third kappa shape index (κ3) is 1.81. The van der Waals surface area contributed by atoms with Gasteiger partial charge in [0.05, 0.1) is 0 Å². The monoisotopic (exact) mass is 200 g/mol. The first-order chi connectivity index (χ1) is 5.47. The van der Waals surface area contributed by atoms with Crippen molar-refractivity contribution >= 4 is 0 Å². The summed E-state index contributed by atoms with van der Waals surface area (Å²) in [6, 6.07) is 18.7. The van der Waals surface area contributed by atoms with E-state index in [2.05, 4.69) is 48.5 Å². The third-order valence-corrected chi connectivity index (χ3v) is 1.77. The van der Waals surface area contributed by atoms with Crippen LogP contribution in [-0.4, -0.2) is 0 Å². The second kappa shape index (κ2) is 4.19. The molecular formula is C11H9Co-. The van der Waals surface area contributed by atoms with Gasteiger partial charge in [0.1, 0.15) is 0 Å². The maximum atomic E-state index is 2.12. The van der Waals surface area contributed by atoms with E-state index in [-0.39, 0.29) is 16.8 Å². The summed E-state index contributed by atoms with van der Waals surface area (Å²) in [5.41, 5.74) is 2.59. The first-order valence-electron chi connectivity index (χ1n) is 3.74. The first-order valence-corrected chi connectivity index (χ1v) is 3.74. The molecule has 12 heavy (non-hydrogen) atoms. The molecule has 0 saturated heterocycles. The molecule has 0 fully saturated rings. The Morgan fingerprint density at radius 2 is 1.58 bits per heavy atom. The molecule has 0 atom stereocenters. The molecule has 0 aliphatic carbocycles. The van der Waals surface area contributed by atoms with Gasteiger partial charge in [-0.2, -0.15) is 23.8 Å². The summed E-state index contributed by atoms with van der Waals surface area (Å²) in [6.07, 6.45) is 0. The minimum atomic E-state index is 0. The summed E-state index contributed by atoms with van der Waals surface area (Å²) in [5.74, 6) is 0. The van der Waals surface area contributed by atoms with Gasteiger partial charge in [-0.3, -0.25) is 0 Å². The molecule has 2 aromatic rings. The molecular weight excluding hydrogens is 191 g/mol. The minimum Gasteiger partial charge on any atom is -0.176 e. The summed E-state index contributed by atoms with van der Waals surface area (Å²) in [6.45, 7) is 0. The predicted molar refractivity (Wildman–Crippen MR) is 47.5 cm³/mol. The topological polar surface area (TPSA) is 0 Å². The maximum absolute atomic E-state index is 2.12. The molecule has 0 saturated carbocycles. The van der Waals surface area contributed by atoms with Gasteiger partial charge in [0.15, 0.2) is 0 Å².